The van der Waals surface area contributed by atoms with Crippen LogP contribution in [0.25, 0.3) is 11.4 Å². The van der Waals surface area contributed by atoms with E-state index < -0.39 is 0 Å². The molecule has 0 bridgehead atoms. The summed E-state index contributed by atoms with van der Waals surface area (Å²) in [5.74, 6) is 2.23. The predicted molar refractivity (Wildman–Crippen MR) is 164 cm³/mol. The van der Waals surface area contributed by atoms with Crippen LogP contribution in [0, 0.1) is 0 Å². The molecule has 0 N–H and O–H groups in total. The number of carbonyl (C=O) groups is 1. The molecule has 0 aliphatic rings. The van der Waals surface area contributed by atoms with Gasteiger partial charge in [-0.1, -0.05) is 75.7 Å². The number of amides is 1. The highest BCUT2D eigenvalue weighted by Crippen LogP contribution is 2.24. The number of methoxy groups -OCH3 is 1. The minimum Gasteiger partial charge on any atom is -0.494 e. The summed E-state index contributed by atoms with van der Waals surface area (Å²) in [4.78, 5) is 20.6. The first-order chi connectivity index (χ1) is 20.1. The number of unbranched alkanes of at least 4 members (excludes halogenated alkanes) is 1. The summed E-state index contributed by atoms with van der Waals surface area (Å²) in [6.07, 6.45) is 3.98. The maximum absolute atomic E-state index is 13.9. The lowest BCUT2D eigenvalue weighted by Crippen LogP contribution is -2.31. The van der Waals surface area contributed by atoms with Crippen molar-refractivity contribution in [3.8, 4) is 22.9 Å². The topological polar surface area (TPSA) is 65.8 Å². The summed E-state index contributed by atoms with van der Waals surface area (Å²) in [5.41, 5.74) is 3.62. The number of nitrogens with zero attached hydrogens (tertiary/aromatic N) is 3. The average molecular weight is 558 g/mol. The monoisotopic (exact) mass is 557 g/mol. The van der Waals surface area contributed by atoms with Crippen molar-refractivity contribution >= 4 is 5.91 Å². The first-order valence-corrected chi connectivity index (χ1v) is 14.5. The van der Waals surface area contributed by atoms with Crippen LogP contribution < -0.4 is 9.47 Å². The Bertz CT molecular complexity index is 1320. The highest BCUT2D eigenvalue weighted by molar-refractivity contribution is 5.94. The Morgan fingerprint density at radius 2 is 1.63 bits per heavy atom. The fourth-order valence-electron chi connectivity index (χ4n) is 4.42. The lowest BCUT2D eigenvalue weighted by Gasteiger charge is -2.24. The van der Waals surface area contributed by atoms with Crippen LogP contribution in [-0.4, -0.2) is 40.9 Å². The summed E-state index contributed by atoms with van der Waals surface area (Å²) in [6.45, 7) is 10.6. The lowest BCUT2D eigenvalue weighted by molar-refractivity contribution is 0.0508. The Kier molecular flexibility index (Phi) is 12.9. The van der Waals surface area contributed by atoms with Gasteiger partial charge in [0.1, 0.15) is 17.3 Å². The summed E-state index contributed by atoms with van der Waals surface area (Å²) in [6, 6.07) is 25.3. The Labute approximate surface area is 244 Å². The fraction of sp³-hybridized carbons (Fsp3) is 0.353. The third-order valence-electron chi connectivity index (χ3n) is 6.38. The molecule has 0 spiro atoms. The molecule has 0 saturated carbocycles. The van der Waals surface area contributed by atoms with E-state index >= 15 is 0 Å². The first kappa shape index (κ1) is 31.4. The molecule has 0 atom stereocenters. The van der Waals surface area contributed by atoms with Crippen molar-refractivity contribution in [2.75, 3.05) is 20.5 Å². The van der Waals surface area contributed by atoms with Crippen LogP contribution in [0.4, 0.5) is 0 Å². The van der Waals surface area contributed by atoms with Gasteiger partial charge in [-0.25, -0.2) is 4.98 Å². The van der Waals surface area contributed by atoms with Gasteiger partial charge in [-0.2, -0.15) is 0 Å². The largest absolute Gasteiger partial charge is 0.494 e. The summed E-state index contributed by atoms with van der Waals surface area (Å²) in [5, 5.41) is 0. The number of ether oxygens (including phenoxy) is 3. The number of hydrogen-bond donors (Lipinski definition) is 0. The molecule has 4 aromatic rings. The highest BCUT2D eigenvalue weighted by Gasteiger charge is 2.21. The second-order valence-corrected chi connectivity index (χ2v) is 9.26. The minimum absolute atomic E-state index is 0.0868. The summed E-state index contributed by atoms with van der Waals surface area (Å²) < 4.78 is 18.5. The molecule has 7 nitrogen and oxygen atoms in total. The second-order valence-electron chi connectivity index (χ2n) is 9.26. The molecule has 0 aliphatic carbocycles. The number of hydrogen-bond acceptors (Lipinski definition) is 5. The number of carbonyl (C=O) groups excluding carboxylic acids is 1. The van der Waals surface area contributed by atoms with E-state index in [1.54, 1.807) is 13.2 Å². The van der Waals surface area contributed by atoms with E-state index in [2.05, 4.69) is 23.6 Å². The minimum atomic E-state index is -0.0868. The van der Waals surface area contributed by atoms with Crippen LogP contribution in [0.3, 0.4) is 0 Å². The number of benzene rings is 3. The van der Waals surface area contributed by atoms with E-state index in [-0.39, 0.29) is 12.7 Å². The van der Waals surface area contributed by atoms with Gasteiger partial charge < -0.3 is 23.7 Å². The van der Waals surface area contributed by atoms with Crippen LogP contribution in [0.2, 0.25) is 0 Å². The molecule has 0 saturated heterocycles. The van der Waals surface area contributed by atoms with Gasteiger partial charge in [0.2, 0.25) is 0 Å². The Hall–Kier alpha value is -4.10. The van der Waals surface area contributed by atoms with E-state index in [4.69, 9.17) is 19.2 Å². The molecule has 7 heteroatoms. The maximum atomic E-state index is 13.9. The van der Waals surface area contributed by atoms with Crippen LogP contribution >= 0.6 is 0 Å². The van der Waals surface area contributed by atoms with E-state index in [1.807, 2.05) is 92.5 Å². The average Bonchev–Trinajstić information content (AvgIpc) is 3.43. The standard InChI is InChI=1S/C32H37N3O4.C2H6/c1-4-6-19-35-28(21-33-31(35)26-11-8-7-9-12-26)23-34(22-25-15-17-29(18-16-25)38-5-2)32(36)27-13-10-14-30(20-27)39-24-37-3;1-2/h7-18,20-21H,4-6,19,22-24H2,1-3H3;1-2H3. The van der Waals surface area contributed by atoms with E-state index in [0.717, 1.165) is 47.8 Å². The third kappa shape index (κ3) is 8.95. The second kappa shape index (κ2) is 16.9. The molecule has 0 fully saturated rings. The third-order valence-corrected chi connectivity index (χ3v) is 6.38. The summed E-state index contributed by atoms with van der Waals surface area (Å²) in [7, 11) is 1.57. The van der Waals surface area contributed by atoms with Crippen molar-refractivity contribution in [3.05, 3.63) is 102 Å². The zero-order valence-electron chi connectivity index (χ0n) is 25.0. The Morgan fingerprint density at radius 3 is 2.32 bits per heavy atom. The van der Waals surface area contributed by atoms with E-state index in [9.17, 15) is 4.79 Å². The fourth-order valence-corrected chi connectivity index (χ4v) is 4.42. The molecular formula is C34H43N3O4. The van der Waals surface area contributed by atoms with Crippen molar-refractivity contribution in [1.82, 2.24) is 14.5 Å². The zero-order chi connectivity index (χ0) is 29.5. The van der Waals surface area contributed by atoms with Crippen molar-refractivity contribution in [1.29, 1.82) is 0 Å². The maximum Gasteiger partial charge on any atom is 0.254 e. The van der Waals surface area contributed by atoms with Crippen LogP contribution in [0.5, 0.6) is 11.5 Å². The van der Waals surface area contributed by atoms with Gasteiger partial charge in [0.25, 0.3) is 5.91 Å². The molecular weight excluding hydrogens is 514 g/mol. The smallest absolute Gasteiger partial charge is 0.254 e. The molecule has 1 aromatic heterocycles. The molecule has 0 unspecified atom stereocenters. The van der Waals surface area contributed by atoms with E-state index in [1.165, 1.54) is 0 Å². The molecule has 41 heavy (non-hydrogen) atoms. The Balaban J connectivity index is 0.00000226. The quantitative estimate of drug-likeness (QED) is 0.149. The molecule has 0 radical (unpaired) electrons. The molecule has 1 heterocycles. The molecule has 1 amide bonds. The lowest BCUT2D eigenvalue weighted by atomic mass is 10.1. The van der Waals surface area contributed by atoms with Gasteiger partial charge in [0, 0.05) is 31.3 Å². The van der Waals surface area contributed by atoms with Gasteiger partial charge >= 0.3 is 0 Å². The SMILES string of the molecule is CC.CCCCn1c(CN(Cc2ccc(OCC)cc2)C(=O)c2cccc(OCOC)c2)cnc1-c1ccccc1. The number of aromatic nitrogens is 2. The van der Waals surface area contributed by atoms with Crippen LogP contribution in [-0.2, 0) is 24.4 Å². The van der Waals surface area contributed by atoms with Crippen molar-refractivity contribution in [3.63, 3.8) is 0 Å². The first-order valence-electron chi connectivity index (χ1n) is 14.5. The van der Waals surface area contributed by atoms with Crippen molar-refractivity contribution in [2.24, 2.45) is 0 Å². The van der Waals surface area contributed by atoms with Gasteiger partial charge in [-0.05, 0) is 49.2 Å². The Morgan fingerprint density at radius 1 is 0.878 bits per heavy atom. The van der Waals surface area contributed by atoms with Gasteiger partial charge in [0.15, 0.2) is 6.79 Å². The van der Waals surface area contributed by atoms with Gasteiger partial charge in [0.05, 0.1) is 25.0 Å². The molecule has 0 aliphatic heterocycles. The van der Waals surface area contributed by atoms with Gasteiger partial charge in [-0.3, -0.25) is 4.79 Å². The van der Waals surface area contributed by atoms with Gasteiger partial charge in [-0.15, -0.1) is 0 Å². The van der Waals surface area contributed by atoms with Crippen LogP contribution in [0.1, 0.15) is 62.2 Å². The number of imidazole rings is 1. The number of rotatable bonds is 14. The highest BCUT2D eigenvalue weighted by atomic mass is 16.7. The molecule has 3 aromatic carbocycles. The predicted octanol–water partition coefficient (Wildman–Crippen LogP) is 7.60. The van der Waals surface area contributed by atoms with Crippen molar-refractivity contribution in [2.45, 2.75) is 60.2 Å². The zero-order valence-corrected chi connectivity index (χ0v) is 25.0. The van der Waals surface area contributed by atoms with Crippen molar-refractivity contribution < 1.29 is 19.0 Å². The summed E-state index contributed by atoms with van der Waals surface area (Å²) >= 11 is 0. The molecule has 218 valence electrons. The molecule has 4 rings (SSSR count). The normalized spacial score (nSPS) is 10.5. The van der Waals surface area contributed by atoms with E-state index in [0.29, 0.717) is 31.0 Å². The van der Waals surface area contributed by atoms with Crippen LogP contribution in [0.15, 0.2) is 85.1 Å².